The van der Waals surface area contributed by atoms with Crippen LogP contribution < -0.4 is 29.6 Å². The van der Waals surface area contributed by atoms with Gasteiger partial charge < -0.3 is 14.8 Å². The van der Waals surface area contributed by atoms with Gasteiger partial charge in [-0.2, -0.15) is 0 Å². The van der Waals surface area contributed by atoms with Crippen LogP contribution in [0, 0.1) is 0 Å². The van der Waals surface area contributed by atoms with Crippen LogP contribution in [0.1, 0.15) is 77.6 Å². The summed E-state index contributed by atoms with van der Waals surface area (Å²) in [5, 5.41) is 19.6. The number of hydrogen-bond acceptors (Lipinski definition) is 7. The van der Waals surface area contributed by atoms with Gasteiger partial charge in [0.15, 0.2) is 0 Å². The molecule has 0 fully saturated rings. The Balaban J connectivity index is 0.0000102. The fourth-order valence-corrected chi connectivity index (χ4v) is 4.85. The molecule has 0 saturated carbocycles. The van der Waals surface area contributed by atoms with Crippen LogP contribution >= 0.6 is 0 Å². The molecule has 2 unspecified atom stereocenters. The molecule has 0 aromatic heterocycles. The first-order valence-electron chi connectivity index (χ1n) is 12.1. The van der Waals surface area contributed by atoms with Gasteiger partial charge in [-0.3, -0.25) is 9.28 Å². The first-order chi connectivity index (χ1) is 15.2. The summed E-state index contributed by atoms with van der Waals surface area (Å²) in [5.74, 6) is -0.737. The standard InChI is InChI=1S/C23H42N2O6S.Na/c1-2-3-4-5-6-7-8-9-10-11-12-13-14-22(28)23-24-15-16-25(23,17-18-26)19-21(27)20-32(29,30)31;/h4-5,21,26-27H,2-3,6-20H2,1H3;/q;+1/b5-4+;. The van der Waals surface area contributed by atoms with Gasteiger partial charge in [-0.1, -0.05) is 57.6 Å². The van der Waals surface area contributed by atoms with E-state index in [1.165, 1.54) is 25.7 Å². The van der Waals surface area contributed by atoms with Crippen molar-refractivity contribution >= 4 is 21.7 Å². The number of amidine groups is 1. The van der Waals surface area contributed by atoms with E-state index in [1.807, 2.05) is 0 Å². The Bertz CT molecular complexity index is 714. The molecule has 1 rings (SSSR count). The van der Waals surface area contributed by atoms with E-state index in [1.54, 1.807) is 0 Å². The number of nitrogens with zero attached hydrogens (tertiary/aromatic N) is 2. The molecule has 2 N–H and O–H groups in total. The molecule has 186 valence electrons. The number of aliphatic hydroxyl groups excluding tert-OH is 2. The molecule has 8 nitrogen and oxygen atoms in total. The third-order valence-corrected chi connectivity index (χ3v) is 6.66. The maximum atomic E-state index is 12.8. The van der Waals surface area contributed by atoms with Gasteiger partial charge in [0.1, 0.15) is 25.7 Å². The van der Waals surface area contributed by atoms with Gasteiger partial charge in [0, 0.05) is 6.42 Å². The minimum absolute atomic E-state index is 0. The van der Waals surface area contributed by atoms with Crippen molar-refractivity contribution in [1.82, 2.24) is 0 Å². The van der Waals surface area contributed by atoms with Crippen molar-refractivity contribution in [2.24, 2.45) is 4.99 Å². The fraction of sp³-hybridized carbons (Fsp3) is 0.826. The summed E-state index contributed by atoms with van der Waals surface area (Å²) in [6.45, 7) is 2.79. The van der Waals surface area contributed by atoms with Crippen LogP contribution in [0.25, 0.3) is 0 Å². The first kappa shape index (κ1) is 32.9. The summed E-state index contributed by atoms with van der Waals surface area (Å²) in [6.07, 6.45) is 14.6. The average Bonchev–Trinajstić information content (AvgIpc) is 3.10. The quantitative estimate of drug-likeness (QED) is 0.0819. The molecule has 0 radical (unpaired) electrons. The molecule has 0 bridgehead atoms. The average molecular weight is 498 g/mol. The number of quaternary nitrogens is 1. The van der Waals surface area contributed by atoms with Crippen molar-refractivity contribution in [2.75, 3.05) is 38.5 Å². The van der Waals surface area contributed by atoms with Crippen molar-refractivity contribution in [3.8, 4) is 0 Å². The van der Waals surface area contributed by atoms with E-state index in [0.29, 0.717) is 19.5 Å². The molecule has 0 amide bonds. The van der Waals surface area contributed by atoms with Gasteiger partial charge in [-0.05, 0) is 25.7 Å². The van der Waals surface area contributed by atoms with E-state index in [2.05, 4.69) is 24.1 Å². The second-order valence-corrected chi connectivity index (χ2v) is 10.2. The fourth-order valence-electron chi connectivity index (χ4n) is 4.27. The van der Waals surface area contributed by atoms with Gasteiger partial charge in [-0.15, -0.1) is 0 Å². The van der Waals surface area contributed by atoms with Gasteiger partial charge in [0.2, 0.25) is 5.78 Å². The molecule has 0 aliphatic carbocycles. The minimum atomic E-state index is -4.58. The molecule has 33 heavy (non-hydrogen) atoms. The predicted molar refractivity (Wildman–Crippen MR) is 125 cm³/mol. The number of aliphatic imine (C=N–C) groups is 1. The molecule has 0 saturated heterocycles. The van der Waals surface area contributed by atoms with Crippen LogP contribution in [0.3, 0.4) is 0 Å². The van der Waals surface area contributed by atoms with Crippen LogP contribution in [-0.2, 0) is 14.9 Å². The number of carbonyl (C=O) groups excluding carboxylic acids is 1. The normalized spacial score (nSPS) is 19.5. The number of rotatable bonds is 19. The third kappa shape index (κ3) is 14.1. The van der Waals surface area contributed by atoms with E-state index in [-0.39, 0.29) is 65.4 Å². The van der Waals surface area contributed by atoms with Crippen LogP contribution in [0.5, 0.6) is 0 Å². The second kappa shape index (κ2) is 18.2. The first-order valence-corrected chi connectivity index (χ1v) is 13.6. The zero-order valence-corrected chi connectivity index (χ0v) is 23.4. The van der Waals surface area contributed by atoms with Gasteiger partial charge in [0.25, 0.3) is 5.84 Å². The summed E-state index contributed by atoms with van der Waals surface area (Å²) in [7, 11) is -4.58. The number of carbonyl (C=O) groups is 1. The van der Waals surface area contributed by atoms with E-state index in [0.717, 1.165) is 38.5 Å². The summed E-state index contributed by atoms with van der Waals surface area (Å²) in [4.78, 5) is 17.1. The zero-order chi connectivity index (χ0) is 23.9. The smallest absolute Gasteiger partial charge is 0.748 e. The van der Waals surface area contributed by atoms with E-state index in [4.69, 9.17) is 0 Å². The molecule has 1 aliphatic heterocycles. The largest absolute Gasteiger partial charge is 1.00 e. The third-order valence-electron chi connectivity index (χ3n) is 5.87. The monoisotopic (exact) mass is 497 g/mol. The maximum Gasteiger partial charge on any atom is 1.00 e. The minimum Gasteiger partial charge on any atom is -0.748 e. The van der Waals surface area contributed by atoms with Gasteiger partial charge in [0.05, 0.1) is 29.0 Å². The van der Waals surface area contributed by atoms with Crippen LogP contribution in [0.15, 0.2) is 17.1 Å². The van der Waals surface area contributed by atoms with Crippen molar-refractivity contribution in [1.29, 1.82) is 0 Å². The number of Topliss-reactive ketones (excluding diaryl/α,β-unsaturated/α-hetero) is 1. The van der Waals surface area contributed by atoms with E-state index in [9.17, 15) is 28.0 Å². The maximum absolute atomic E-state index is 12.8. The number of ketones is 1. The number of hydrogen-bond donors (Lipinski definition) is 2. The summed E-state index contributed by atoms with van der Waals surface area (Å²) in [6, 6.07) is 0. The predicted octanol–water partition coefficient (Wildman–Crippen LogP) is -0.446. The molecule has 0 spiro atoms. The van der Waals surface area contributed by atoms with E-state index >= 15 is 0 Å². The van der Waals surface area contributed by atoms with E-state index < -0.39 is 22.0 Å². The Labute approximate surface area is 222 Å². The Morgan fingerprint density at radius 3 is 2.33 bits per heavy atom. The second-order valence-electron chi connectivity index (χ2n) is 8.78. The Hall–Kier alpha value is -0.130. The Morgan fingerprint density at radius 2 is 1.73 bits per heavy atom. The molecular weight excluding hydrogens is 455 g/mol. The van der Waals surface area contributed by atoms with Crippen LogP contribution in [0.2, 0.25) is 0 Å². The van der Waals surface area contributed by atoms with Crippen molar-refractivity contribution in [3.63, 3.8) is 0 Å². The summed E-state index contributed by atoms with van der Waals surface area (Å²) >= 11 is 0. The van der Waals surface area contributed by atoms with Crippen molar-refractivity contribution in [2.45, 2.75) is 83.7 Å². The number of allylic oxidation sites excluding steroid dienone is 2. The number of aliphatic hydroxyl groups is 2. The molecular formula is C23H42N2NaO6S+. The van der Waals surface area contributed by atoms with Crippen LogP contribution in [-0.4, -0.2) is 83.9 Å². The zero-order valence-electron chi connectivity index (χ0n) is 20.6. The summed E-state index contributed by atoms with van der Waals surface area (Å²) < 4.78 is 32.8. The Kier molecular flexibility index (Phi) is 18.1. The van der Waals surface area contributed by atoms with Crippen molar-refractivity contribution < 1.29 is 62.0 Å². The molecule has 1 aliphatic rings. The topological polar surface area (TPSA) is 127 Å². The molecule has 10 heteroatoms. The van der Waals surface area contributed by atoms with Crippen molar-refractivity contribution in [3.05, 3.63) is 12.2 Å². The molecule has 2 atom stereocenters. The van der Waals surface area contributed by atoms with Gasteiger partial charge >= 0.3 is 29.6 Å². The Morgan fingerprint density at radius 1 is 1.12 bits per heavy atom. The van der Waals surface area contributed by atoms with Crippen LogP contribution in [0.4, 0.5) is 0 Å². The molecule has 0 aromatic carbocycles. The summed E-state index contributed by atoms with van der Waals surface area (Å²) in [5.41, 5.74) is 0. The SMILES string of the molecule is CCC/C=C/CCCCCCCCCC(=O)C1=NCC[N+]1(CCO)CC(O)CS(=O)(=O)[O-].[Na+]. The van der Waals surface area contributed by atoms with Gasteiger partial charge in [-0.25, -0.2) is 13.4 Å². The molecule has 0 aromatic rings. The molecule has 1 heterocycles. The number of unbranched alkanes of at least 4 members (excludes halogenated alkanes) is 8.